The van der Waals surface area contributed by atoms with Crippen LogP contribution in [0.4, 0.5) is 5.82 Å². The molecule has 3 aromatic rings. The van der Waals surface area contributed by atoms with Crippen LogP contribution in [0.5, 0.6) is 0 Å². The number of benzene rings is 1. The summed E-state index contributed by atoms with van der Waals surface area (Å²) in [4.78, 5) is 29.7. The molecule has 0 saturated carbocycles. The normalized spacial score (nSPS) is 10.4. The highest BCUT2D eigenvalue weighted by Gasteiger charge is 2.21. The minimum absolute atomic E-state index is 0.182. The van der Waals surface area contributed by atoms with Gasteiger partial charge in [0, 0.05) is 18.3 Å². The zero-order valence-corrected chi connectivity index (χ0v) is 15.1. The standard InChI is InChI=1S/C20H19N5O2/c1-3-9-22-20(27)17-18(23-16-8-7-13(2)12-25(16)17)24-19(26)15-6-4-5-14(10-15)11-21/h4-8,10,12H,3,9H2,1-2H3,(H,22,27)(H,24,26). The summed E-state index contributed by atoms with van der Waals surface area (Å²) < 4.78 is 1.67. The molecule has 0 spiro atoms. The third kappa shape index (κ3) is 3.80. The van der Waals surface area contributed by atoms with Crippen LogP contribution < -0.4 is 10.6 Å². The van der Waals surface area contributed by atoms with Gasteiger partial charge >= 0.3 is 0 Å². The Morgan fingerprint density at radius 2 is 2.04 bits per heavy atom. The average molecular weight is 361 g/mol. The lowest BCUT2D eigenvalue weighted by Crippen LogP contribution is -2.27. The minimum Gasteiger partial charge on any atom is -0.351 e. The van der Waals surface area contributed by atoms with Crippen molar-refractivity contribution in [3.63, 3.8) is 0 Å². The molecular weight excluding hydrogens is 342 g/mol. The molecule has 136 valence electrons. The first-order valence-corrected chi connectivity index (χ1v) is 8.62. The molecule has 7 nitrogen and oxygen atoms in total. The van der Waals surface area contributed by atoms with E-state index in [1.54, 1.807) is 34.9 Å². The third-order valence-electron chi connectivity index (χ3n) is 4.00. The third-order valence-corrected chi connectivity index (χ3v) is 4.00. The molecule has 0 saturated heterocycles. The number of fused-ring (bicyclic) bond motifs is 1. The van der Waals surface area contributed by atoms with Crippen molar-refractivity contribution in [2.45, 2.75) is 20.3 Å². The fourth-order valence-electron chi connectivity index (χ4n) is 2.69. The van der Waals surface area contributed by atoms with Gasteiger partial charge in [-0.2, -0.15) is 5.26 Å². The summed E-state index contributed by atoms with van der Waals surface area (Å²) in [6, 6.07) is 12.0. The number of nitrogens with zero attached hydrogens (tertiary/aromatic N) is 3. The van der Waals surface area contributed by atoms with Gasteiger partial charge in [-0.15, -0.1) is 0 Å². The van der Waals surface area contributed by atoms with Crippen LogP contribution in [0.2, 0.25) is 0 Å². The van der Waals surface area contributed by atoms with Gasteiger partial charge < -0.3 is 10.6 Å². The van der Waals surface area contributed by atoms with E-state index in [4.69, 9.17) is 5.26 Å². The Morgan fingerprint density at radius 1 is 1.22 bits per heavy atom. The average Bonchev–Trinajstić information content (AvgIpc) is 3.03. The number of nitriles is 1. The molecule has 2 aromatic heterocycles. The van der Waals surface area contributed by atoms with Gasteiger partial charge in [0.2, 0.25) is 0 Å². The summed E-state index contributed by atoms with van der Waals surface area (Å²) in [5.74, 6) is -0.561. The first-order valence-electron chi connectivity index (χ1n) is 8.62. The molecular formula is C20H19N5O2. The van der Waals surface area contributed by atoms with Crippen LogP contribution in [0.15, 0.2) is 42.6 Å². The van der Waals surface area contributed by atoms with Gasteiger partial charge in [-0.1, -0.05) is 19.1 Å². The number of anilines is 1. The van der Waals surface area contributed by atoms with Gasteiger partial charge in [0.05, 0.1) is 11.6 Å². The number of hydrogen-bond acceptors (Lipinski definition) is 4. The van der Waals surface area contributed by atoms with Crippen LogP contribution in [0.1, 0.15) is 45.3 Å². The maximum absolute atomic E-state index is 12.7. The molecule has 0 bridgehead atoms. The van der Waals surface area contributed by atoms with Crippen molar-refractivity contribution >= 4 is 23.3 Å². The molecule has 0 radical (unpaired) electrons. The van der Waals surface area contributed by atoms with E-state index in [2.05, 4.69) is 15.6 Å². The fraction of sp³-hybridized carbons (Fsp3) is 0.200. The van der Waals surface area contributed by atoms with Crippen molar-refractivity contribution < 1.29 is 9.59 Å². The van der Waals surface area contributed by atoms with Gasteiger partial charge in [0.15, 0.2) is 11.5 Å². The molecule has 2 N–H and O–H groups in total. The molecule has 0 unspecified atom stereocenters. The van der Waals surface area contributed by atoms with E-state index in [1.807, 2.05) is 26.0 Å². The molecule has 3 rings (SSSR count). The Bertz CT molecular complexity index is 1060. The monoisotopic (exact) mass is 361 g/mol. The highest BCUT2D eigenvalue weighted by molar-refractivity contribution is 6.08. The maximum Gasteiger partial charge on any atom is 0.272 e. The minimum atomic E-state index is -0.434. The molecule has 0 fully saturated rings. The van der Waals surface area contributed by atoms with E-state index in [0.29, 0.717) is 23.3 Å². The number of imidazole rings is 1. The Balaban J connectivity index is 2.01. The quantitative estimate of drug-likeness (QED) is 0.730. The highest BCUT2D eigenvalue weighted by atomic mass is 16.2. The highest BCUT2D eigenvalue weighted by Crippen LogP contribution is 2.20. The SMILES string of the molecule is CCCNC(=O)c1c(NC(=O)c2cccc(C#N)c2)nc2ccc(C)cn12. The van der Waals surface area contributed by atoms with Gasteiger partial charge in [0.25, 0.3) is 11.8 Å². The summed E-state index contributed by atoms with van der Waals surface area (Å²) in [6.45, 7) is 4.40. The summed E-state index contributed by atoms with van der Waals surface area (Å²) in [7, 11) is 0. The van der Waals surface area contributed by atoms with Crippen LogP contribution >= 0.6 is 0 Å². The zero-order valence-electron chi connectivity index (χ0n) is 15.1. The second-order valence-electron chi connectivity index (χ2n) is 6.15. The molecule has 27 heavy (non-hydrogen) atoms. The van der Waals surface area contributed by atoms with Crippen LogP contribution in [0.25, 0.3) is 5.65 Å². The molecule has 0 aliphatic rings. The van der Waals surface area contributed by atoms with Gasteiger partial charge in [-0.05, 0) is 43.2 Å². The van der Waals surface area contributed by atoms with E-state index in [0.717, 1.165) is 12.0 Å². The number of amides is 2. The van der Waals surface area contributed by atoms with Crippen molar-refractivity contribution in [2.24, 2.45) is 0 Å². The lowest BCUT2D eigenvalue weighted by Gasteiger charge is -2.08. The van der Waals surface area contributed by atoms with Crippen LogP contribution in [0, 0.1) is 18.3 Å². The lowest BCUT2D eigenvalue weighted by molar-refractivity contribution is 0.0949. The summed E-state index contributed by atoms with van der Waals surface area (Å²) >= 11 is 0. The Labute approximate surface area is 156 Å². The molecule has 0 aliphatic carbocycles. The second-order valence-corrected chi connectivity index (χ2v) is 6.15. The van der Waals surface area contributed by atoms with Crippen molar-refractivity contribution in [1.29, 1.82) is 5.26 Å². The van der Waals surface area contributed by atoms with Crippen molar-refractivity contribution in [1.82, 2.24) is 14.7 Å². The Morgan fingerprint density at radius 3 is 2.78 bits per heavy atom. The van der Waals surface area contributed by atoms with Crippen molar-refractivity contribution in [3.8, 4) is 6.07 Å². The number of carbonyl (C=O) groups excluding carboxylic acids is 2. The molecule has 2 amide bonds. The molecule has 0 atom stereocenters. The van der Waals surface area contributed by atoms with Gasteiger partial charge in [0.1, 0.15) is 5.65 Å². The van der Waals surface area contributed by atoms with Crippen LogP contribution in [-0.2, 0) is 0 Å². The van der Waals surface area contributed by atoms with Crippen molar-refractivity contribution in [2.75, 3.05) is 11.9 Å². The smallest absolute Gasteiger partial charge is 0.272 e. The zero-order chi connectivity index (χ0) is 19.4. The molecule has 0 aliphatic heterocycles. The maximum atomic E-state index is 12.7. The van der Waals surface area contributed by atoms with E-state index in [1.165, 1.54) is 6.07 Å². The summed E-state index contributed by atoms with van der Waals surface area (Å²) in [6.07, 6.45) is 2.60. The first-order chi connectivity index (χ1) is 13.0. The topological polar surface area (TPSA) is 99.3 Å². The van der Waals surface area contributed by atoms with Gasteiger partial charge in [-0.3, -0.25) is 14.0 Å². The van der Waals surface area contributed by atoms with Crippen molar-refractivity contribution in [3.05, 3.63) is 65.0 Å². The largest absolute Gasteiger partial charge is 0.351 e. The molecule has 7 heteroatoms. The van der Waals surface area contributed by atoms with E-state index in [9.17, 15) is 9.59 Å². The Kier molecular flexibility index (Phi) is 5.18. The number of pyridine rings is 1. The predicted octanol–water partition coefficient (Wildman–Crippen LogP) is 2.91. The number of carbonyl (C=O) groups is 2. The number of nitrogens with one attached hydrogen (secondary N) is 2. The van der Waals surface area contributed by atoms with E-state index < -0.39 is 5.91 Å². The van der Waals surface area contributed by atoms with E-state index in [-0.39, 0.29) is 17.4 Å². The number of aromatic nitrogens is 2. The predicted molar refractivity (Wildman–Crippen MR) is 102 cm³/mol. The Hall–Kier alpha value is -3.66. The molecule has 1 aromatic carbocycles. The fourth-order valence-corrected chi connectivity index (χ4v) is 2.69. The lowest BCUT2D eigenvalue weighted by atomic mass is 10.1. The first kappa shape index (κ1) is 18.1. The van der Waals surface area contributed by atoms with E-state index >= 15 is 0 Å². The summed E-state index contributed by atoms with van der Waals surface area (Å²) in [5, 5.41) is 14.5. The number of rotatable bonds is 5. The van der Waals surface area contributed by atoms with Crippen LogP contribution in [0.3, 0.4) is 0 Å². The van der Waals surface area contributed by atoms with Crippen LogP contribution in [-0.4, -0.2) is 27.7 Å². The number of hydrogen-bond donors (Lipinski definition) is 2. The number of aryl methyl sites for hydroxylation is 1. The second kappa shape index (κ2) is 7.70. The summed E-state index contributed by atoms with van der Waals surface area (Å²) in [5.41, 5.74) is 2.50. The van der Waals surface area contributed by atoms with Gasteiger partial charge in [-0.25, -0.2) is 4.98 Å². The molecule has 2 heterocycles.